The minimum Gasteiger partial charge on any atom is -0.399 e. The zero-order chi connectivity index (χ0) is 14.9. The predicted molar refractivity (Wildman–Crippen MR) is 87.1 cm³/mol. The molecule has 3 nitrogen and oxygen atoms in total. The Morgan fingerprint density at radius 1 is 1.15 bits per heavy atom. The first kappa shape index (κ1) is 14.9. The summed E-state index contributed by atoms with van der Waals surface area (Å²) in [7, 11) is 0. The molecular formula is C17H27N3. The zero-order valence-electron chi connectivity index (χ0n) is 13.4. The number of rotatable bonds is 5. The number of fused-ring (bicyclic) bond motifs is 1. The number of imidazole rings is 1. The fourth-order valence-corrected chi connectivity index (χ4v) is 3.23. The first-order chi connectivity index (χ1) is 9.49. The maximum atomic E-state index is 5.92. The molecule has 1 heterocycles. The minimum atomic E-state index is 0.157. The van der Waals surface area contributed by atoms with Crippen LogP contribution in [-0.2, 0) is 5.54 Å². The number of benzene rings is 1. The fourth-order valence-electron chi connectivity index (χ4n) is 3.23. The molecule has 0 radical (unpaired) electrons. The Morgan fingerprint density at radius 2 is 1.75 bits per heavy atom. The van der Waals surface area contributed by atoms with Gasteiger partial charge in [0.25, 0.3) is 0 Å². The molecular weight excluding hydrogens is 246 g/mol. The lowest BCUT2D eigenvalue weighted by Gasteiger charge is -2.35. The lowest BCUT2D eigenvalue weighted by Crippen LogP contribution is -2.33. The van der Waals surface area contributed by atoms with Gasteiger partial charge in [-0.15, -0.1) is 0 Å². The summed E-state index contributed by atoms with van der Waals surface area (Å²) >= 11 is 0. The minimum absolute atomic E-state index is 0.157. The Morgan fingerprint density at radius 3 is 2.25 bits per heavy atom. The molecule has 0 fully saturated rings. The van der Waals surface area contributed by atoms with E-state index in [1.165, 1.54) is 11.3 Å². The lowest BCUT2D eigenvalue weighted by molar-refractivity contribution is 0.248. The van der Waals surface area contributed by atoms with E-state index < -0.39 is 0 Å². The number of nitrogens with zero attached hydrogens (tertiary/aromatic N) is 2. The third kappa shape index (κ3) is 2.19. The Labute approximate surface area is 122 Å². The van der Waals surface area contributed by atoms with Crippen LogP contribution >= 0.6 is 0 Å². The molecule has 0 bridgehead atoms. The van der Waals surface area contributed by atoms with Crippen LogP contribution in [0.1, 0.15) is 65.6 Å². The van der Waals surface area contributed by atoms with E-state index in [0.717, 1.165) is 30.5 Å². The molecule has 2 aromatic rings. The van der Waals surface area contributed by atoms with Gasteiger partial charge in [-0.25, -0.2) is 4.98 Å². The molecule has 0 aliphatic heterocycles. The summed E-state index contributed by atoms with van der Waals surface area (Å²) in [4.78, 5) is 4.87. The topological polar surface area (TPSA) is 43.8 Å². The van der Waals surface area contributed by atoms with Gasteiger partial charge in [0.05, 0.1) is 11.0 Å². The van der Waals surface area contributed by atoms with Gasteiger partial charge in [-0.3, -0.25) is 0 Å². The summed E-state index contributed by atoms with van der Waals surface area (Å²) in [5, 5.41) is 0. The van der Waals surface area contributed by atoms with Crippen molar-refractivity contribution in [2.24, 2.45) is 0 Å². The van der Waals surface area contributed by atoms with Crippen molar-refractivity contribution >= 4 is 16.7 Å². The van der Waals surface area contributed by atoms with Gasteiger partial charge in [-0.1, -0.05) is 34.6 Å². The van der Waals surface area contributed by atoms with Gasteiger partial charge in [-0.2, -0.15) is 0 Å². The van der Waals surface area contributed by atoms with E-state index in [0.29, 0.717) is 5.92 Å². The molecule has 1 aromatic carbocycles. The Kier molecular flexibility index (Phi) is 4.07. The average molecular weight is 273 g/mol. The van der Waals surface area contributed by atoms with Crippen molar-refractivity contribution in [3.8, 4) is 0 Å². The van der Waals surface area contributed by atoms with Crippen LogP contribution in [0.4, 0.5) is 5.69 Å². The molecule has 0 saturated heterocycles. The molecule has 0 atom stereocenters. The van der Waals surface area contributed by atoms with Crippen LogP contribution < -0.4 is 5.73 Å². The summed E-state index contributed by atoms with van der Waals surface area (Å²) < 4.78 is 2.48. The first-order valence-corrected chi connectivity index (χ1v) is 7.77. The van der Waals surface area contributed by atoms with Gasteiger partial charge in [0.2, 0.25) is 0 Å². The van der Waals surface area contributed by atoms with Gasteiger partial charge in [-0.05, 0) is 37.5 Å². The number of nitrogen functional groups attached to an aromatic ring is 1. The van der Waals surface area contributed by atoms with Crippen LogP contribution in [0, 0.1) is 0 Å². The largest absolute Gasteiger partial charge is 0.399 e. The predicted octanol–water partition coefficient (Wildman–Crippen LogP) is 4.67. The number of hydrogen-bond donors (Lipinski definition) is 1. The lowest BCUT2D eigenvalue weighted by atomic mass is 9.88. The van der Waals surface area contributed by atoms with Crippen LogP contribution in [0.2, 0.25) is 0 Å². The van der Waals surface area contributed by atoms with Crippen molar-refractivity contribution in [1.29, 1.82) is 0 Å². The molecule has 2 rings (SSSR count). The summed E-state index contributed by atoms with van der Waals surface area (Å²) in [6.07, 6.45) is 3.36. The Balaban J connectivity index is 2.80. The van der Waals surface area contributed by atoms with E-state index >= 15 is 0 Å². The van der Waals surface area contributed by atoms with Crippen molar-refractivity contribution in [3.05, 3.63) is 24.0 Å². The number of hydrogen-bond acceptors (Lipinski definition) is 2. The first-order valence-electron chi connectivity index (χ1n) is 7.77. The summed E-state index contributed by atoms with van der Waals surface area (Å²) in [6.45, 7) is 11.3. The van der Waals surface area contributed by atoms with E-state index in [-0.39, 0.29) is 5.54 Å². The van der Waals surface area contributed by atoms with Crippen molar-refractivity contribution in [2.75, 3.05) is 5.73 Å². The number of anilines is 1. The zero-order valence-corrected chi connectivity index (χ0v) is 13.4. The fraction of sp³-hybridized carbons (Fsp3) is 0.588. The second-order valence-electron chi connectivity index (χ2n) is 5.99. The second kappa shape index (κ2) is 5.47. The third-order valence-corrected chi connectivity index (χ3v) is 4.67. The van der Waals surface area contributed by atoms with E-state index in [2.05, 4.69) is 45.3 Å². The van der Waals surface area contributed by atoms with Gasteiger partial charge in [0, 0.05) is 17.1 Å². The van der Waals surface area contributed by atoms with Gasteiger partial charge in [0.1, 0.15) is 5.82 Å². The summed E-state index contributed by atoms with van der Waals surface area (Å²) in [5.74, 6) is 1.59. The van der Waals surface area contributed by atoms with E-state index in [1.807, 2.05) is 12.1 Å². The Bertz CT molecular complexity index is 583. The highest BCUT2D eigenvalue weighted by Gasteiger charge is 2.31. The van der Waals surface area contributed by atoms with Crippen molar-refractivity contribution in [3.63, 3.8) is 0 Å². The SMILES string of the molecule is CCC(CC)(CC)n1c(C(C)C)nc2cc(N)ccc21. The van der Waals surface area contributed by atoms with E-state index in [1.54, 1.807) is 0 Å². The van der Waals surface area contributed by atoms with Crippen LogP contribution in [-0.4, -0.2) is 9.55 Å². The van der Waals surface area contributed by atoms with Crippen LogP contribution in [0.3, 0.4) is 0 Å². The molecule has 110 valence electrons. The van der Waals surface area contributed by atoms with Crippen LogP contribution in [0.15, 0.2) is 18.2 Å². The van der Waals surface area contributed by atoms with Crippen LogP contribution in [0.25, 0.3) is 11.0 Å². The van der Waals surface area contributed by atoms with Gasteiger partial charge < -0.3 is 10.3 Å². The highest BCUT2D eigenvalue weighted by atomic mass is 15.1. The normalized spacial score (nSPS) is 12.5. The molecule has 0 aliphatic carbocycles. The molecule has 20 heavy (non-hydrogen) atoms. The third-order valence-electron chi connectivity index (χ3n) is 4.67. The highest BCUT2D eigenvalue weighted by Crippen LogP contribution is 2.36. The Hall–Kier alpha value is -1.51. The summed E-state index contributed by atoms with van der Waals surface area (Å²) in [5.41, 5.74) is 9.10. The van der Waals surface area contributed by atoms with Gasteiger partial charge in [0.15, 0.2) is 0 Å². The average Bonchev–Trinajstić information content (AvgIpc) is 2.81. The summed E-state index contributed by atoms with van der Waals surface area (Å²) in [6, 6.07) is 6.10. The molecule has 2 N–H and O–H groups in total. The van der Waals surface area contributed by atoms with Crippen molar-refractivity contribution in [2.45, 2.75) is 65.3 Å². The monoisotopic (exact) mass is 273 g/mol. The quantitative estimate of drug-likeness (QED) is 0.805. The maximum Gasteiger partial charge on any atom is 0.112 e. The second-order valence-corrected chi connectivity index (χ2v) is 5.99. The van der Waals surface area contributed by atoms with E-state index in [9.17, 15) is 0 Å². The molecule has 0 spiro atoms. The van der Waals surface area contributed by atoms with Crippen LogP contribution in [0.5, 0.6) is 0 Å². The standard InChI is InChI=1S/C17H27N3/c1-6-17(7-2,8-3)20-15-10-9-13(18)11-14(15)19-16(20)12(4)5/h9-12H,6-8,18H2,1-5H3. The molecule has 0 amide bonds. The molecule has 1 aromatic heterocycles. The maximum absolute atomic E-state index is 5.92. The molecule has 0 saturated carbocycles. The van der Waals surface area contributed by atoms with E-state index in [4.69, 9.17) is 10.7 Å². The number of aromatic nitrogens is 2. The molecule has 0 unspecified atom stereocenters. The van der Waals surface area contributed by atoms with Crippen molar-refractivity contribution < 1.29 is 0 Å². The molecule has 3 heteroatoms. The highest BCUT2D eigenvalue weighted by molar-refractivity contribution is 5.80. The van der Waals surface area contributed by atoms with Crippen molar-refractivity contribution in [1.82, 2.24) is 9.55 Å². The van der Waals surface area contributed by atoms with Gasteiger partial charge >= 0.3 is 0 Å². The molecule has 0 aliphatic rings. The number of nitrogens with two attached hydrogens (primary N) is 1. The smallest absolute Gasteiger partial charge is 0.112 e.